The SMILES string of the molecule is COc1c(Cl)cc(C(C)C)cc1C(=O)Cl. The van der Waals surface area contributed by atoms with Gasteiger partial charge in [0.15, 0.2) is 0 Å². The Morgan fingerprint density at radius 2 is 2.00 bits per heavy atom. The topological polar surface area (TPSA) is 26.3 Å². The highest BCUT2D eigenvalue weighted by Crippen LogP contribution is 2.33. The van der Waals surface area contributed by atoms with Gasteiger partial charge in [0, 0.05) is 0 Å². The van der Waals surface area contributed by atoms with Crippen molar-refractivity contribution in [1.29, 1.82) is 0 Å². The number of hydrogen-bond acceptors (Lipinski definition) is 2. The molecule has 0 saturated carbocycles. The monoisotopic (exact) mass is 246 g/mol. The molecule has 0 bridgehead atoms. The highest BCUT2D eigenvalue weighted by Gasteiger charge is 2.16. The van der Waals surface area contributed by atoms with Gasteiger partial charge >= 0.3 is 0 Å². The third-order valence-corrected chi connectivity index (χ3v) is 2.63. The third kappa shape index (κ3) is 2.64. The van der Waals surface area contributed by atoms with Gasteiger partial charge in [-0.25, -0.2) is 0 Å². The molecule has 0 unspecified atom stereocenters. The first-order chi connectivity index (χ1) is 6.97. The summed E-state index contributed by atoms with van der Waals surface area (Å²) in [6.45, 7) is 4.03. The van der Waals surface area contributed by atoms with Crippen LogP contribution in [0.2, 0.25) is 5.02 Å². The molecule has 2 nitrogen and oxygen atoms in total. The number of carbonyl (C=O) groups is 1. The van der Waals surface area contributed by atoms with Crippen LogP contribution in [0.4, 0.5) is 0 Å². The Balaban J connectivity index is 3.38. The predicted octanol–water partition coefficient (Wildman–Crippen LogP) is 3.85. The average Bonchev–Trinajstić information content (AvgIpc) is 2.16. The van der Waals surface area contributed by atoms with Crippen molar-refractivity contribution in [2.75, 3.05) is 7.11 Å². The smallest absolute Gasteiger partial charge is 0.256 e. The van der Waals surface area contributed by atoms with E-state index in [2.05, 4.69) is 0 Å². The van der Waals surface area contributed by atoms with Crippen LogP contribution in [-0.2, 0) is 0 Å². The molecule has 0 amide bonds. The summed E-state index contributed by atoms with van der Waals surface area (Å²) < 4.78 is 5.03. The van der Waals surface area contributed by atoms with E-state index in [1.807, 2.05) is 13.8 Å². The molecule has 15 heavy (non-hydrogen) atoms. The minimum Gasteiger partial charge on any atom is -0.494 e. The van der Waals surface area contributed by atoms with E-state index in [1.165, 1.54) is 7.11 Å². The standard InChI is InChI=1S/C11H12Cl2O2/c1-6(2)7-4-8(11(13)14)10(15-3)9(12)5-7/h4-6H,1-3H3. The predicted molar refractivity (Wildman–Crippen MR) is 62.3 cm³/mol. The van der Waals surface area contributed by atoms with Gasteiger partial charge in [-0.3, -0.25) is 4.79 Å². The van der Waals surface area contributed by atoms with E-state index < -0.39 is 5.24 Å². The van der Waals surface area contributed by atoms with E-state index in [1.54, 1.807) is 12.1 Å². The normalized spacial score (nSPS) is 10.5. The van der Waals surface area contributed by atoms with Crippen molar-refractivity contribution >= 4 is 28.4 Å². The fourth-order valence-electron chi connectivity index (χ4n) is 1.30. The number of hydrogen-bond donors (Lipinski definition) is 0. The van der Waals surface area contributed by atoms with Crippen molar-refractivity contribution in [1.82, 2.24) is 0 Å². The summed E-state index contributed by atoms with van der Waals surface area (Å²) in [5.74, 6) is 0.615. The number of rotatable bonds is 3. The molecule has 82 valence electrons. The van der Waals surface area contributed by atoms with Crippen molar-refractivity contribution in [2.45, 2.75) is 19.8 Å². The summed E-state index contributed by atoms with van der Waals surface area (Å²) in [7, 11) is 1.46. The molecular formula is C11H12Cl2O2. The second-order valence-electron chi connectivity index (χ2n) is 3.51. The summed E-state index contributed by atoms with van der Waals surface area (Å²) in [5.41, 5.74) is 1.28. The fourth-order valence-corrected chi connectivity index (χ4v) is 1.75. The first kappa shape index (κ1) is 12.3. The first-order valence-corrected chi connectivity index (χ1v) is 5.30. The lowest BCUT2D eigenvalue weighted by molar-refractivity contribution is 0.107. The van der Waals surface area contributed by atoms with Crippen molar-refractivity contribution in [2.24, 2.45) is 0 Å². The average molecular weight is 247 g/mol. The lowest BCUT2D eigenvalue weighted by Crippen LogP contribution is -1.99. The second-order valence-corrected chi connectivity index (χ2v) is 4.26. The molecule has 0 aromatic heterocycles. The van der Waals surface area contributed by atoms with Gasteiger partial charge in [-0.1, -0.05) is 25.4 Å². The summed E-state index contributed by atoms with van der Waals surface area (Å²) in [6.07, 6.45) is 0. The molecule has 0 heterocycles. The van der Waals surface area contributed by atoms with Gasteiger partial charge in [-0.15, -0.1) is 0 Å². The molecular weight excluding hydrogens is 235 g/mol. The molecule has 0 radical (unpaired) electrons. The highest BCUT2D eigenvalue weighted by atomic mass is 35.5. The minimum absolute atomic E-state index is 0.281. The maximum absolute atomic E-state index is 11.2. The van der Waals surface area contributed by atoms with Crippen molar-refractivity contribution in [3.05, 3.63) is 28.3 Å². The van der Waals surface area contributed by atoms with Crippen LogP contribution in [0.3, 0.4) is 0 Å². The van der Waals surface area contributed by atoms with Gasteiger partial charge in [-0.2, -0.15) is 0 Å². The zero-order chi connectivity index (χ0) is 11.6. The molecule has 0 fully saturated rings. The van der Waals surface area contributed by atoms with Gasteiger partial charge in [0.1, 0.15) is 5.75 Å². The number of halogens is 2. The number of carbonyl (C=O) groups excluding carboxylic acids is 1. The Morgan fingerprint density at radius 1 is 1.40 bits per heavy atom. The van der Waals surface area contributed by atoms with Crippen LogP contribution in [0, 0.1) is 0 Å². The van der Waals surface area contributed by atoms with Crippen LogP contribution in [0.1, 0.15) is 35.7 Å². The quantitative estimate of drug-likeness (QED) is 0.758. The van der Waals surface area contributed by atoms with Crippen molar-refractivity contribution in [3.8, 4) is 5.75 Å². The van der Waals surface area contributed by atoms with Crippen LogP contribution >= 0.6 is 23.2 Å². The zero-order valence-electron chi connectivity index (χ0n) is 8.80. The highest BCUT2D eigenvalue weighted by molar-refractivity contribution is 6.68. The van der Waals surface area contributed by atoms with Crippen LogP contribution in [-0.4, -0.2) is 12.4 Å². The van der Waals surface area contributed by atoms with E-state index in [0.29, 0.717) is 16.3 Å². The maximum Gasteiger partial charge on any atom is 0.256 e. The molecule has 0 N–H and O–H groups in total. The van der Waals surface area contributed by atoms with E-state index in [0.717, 1.165) is 5.56 Å². The number of ether oxygens (including phenoxy) is 1. The Hall–Kier alpha value is -0.730. The molecule has 1 rings (SSSR count). The largest absolute Gasteiger partial charge is 0.494 e. The molecule has 4 heteroatoms. The molecule has 1 aromatic rings. The Labute approximate surface area is 99.1 Å². The first-order valence-electron chi connectivity index (χ1n) is 4.54. The fraction of sp³-hybridized carbons (Fsp3) is 0.364. The van der Waals surface area contributed by atoms with Gasteiger partial charge in [0.05, 0.1) is 17.7 Å². The summed E-state index contributed by atoms with van der Waals surface area (Å²) in [4.78, 5) is 11.2. The summed E-state index contributed by atoms with van der Waals surface area (Å²) >= 11 is 11.4. The molecule has 0 saturated heterocycles. The van der Waals surface area contributed by atoms with Crippen LogP contribution in [0.25, 0.3) is 0 Å². The van der Waals surface area contributed by atoms with E-state index >= 15 is 0 Å². The molecule has 1 aromatic carbocycles. The second kappa shape index (κ2) is 4.86. The van der Waals surface area contributed by atoms with Crippen molar-refractivity contribution in [3.63, 3.8) is 0 Å². The third-order valence-electron chi connectivity index (χ3n) is 2.15. The molecule has 0 aliphatic carbocycles. The molecule has 0 aliphatic heterocycles. The number of benzene rings is 1. The van der Waals surface area contributed by atoms with Gasteiger partial charge in [0.25, 0.3) is 5.24 Å². The van der Waals surface area contributed by atoms with Gasteiger partial charge in [0.2, 0.25) is 0 Å². The minimum atomic E-state index is -0.559. The van der Waals surface area contributed by atoms with Gasteiger partial charge < -0.3 is 4.74 Å². The zero-order valence-corrected chi connectivity index (χ0v) is 10.3. The van der Waals surface area contributed by atoms with E-state index in [9.17, 15) is 4.79 Å². The molecule has 0 aliphatic rings. The summed E-state index contributed by atoms with van der Waals surface area (Å²) in [5, 5.41) is -0.149. The van der Waals surface area contributed by atoms with Crippen LogP contribution < -0.4 is 4.74 Å². The Morgan fingerprint density at radius 3 is 2.40 bits per heavy atom. The maximum atomic E-state index is 11.2. The van der Waals surface area contributed by atoms with Crippen molar-refractivity contribution < 1.29 is 9.53 Å². The lowest BCUT2D eigenvalue weighted by atomic mass is 10.0. The molecule has 0 spiro atoms. The van der Waals surface area contributed by atoms with Crippen LogP contribution in [0.15, 0.2) is 12.1 Å². The van der Waals surface area contributed by atoms with E-state index in [4.69, 9.17) is 27.9 Å². The Bertz CT molecular complexity index is 386. The Kier molecular flexibility index (Phi) is 4.00. The van der Waals surface area contributed by atoms with Gasteiger partial charge in [-0.05, 0) is 35.2 Å². The van der Waals surface area contributed by atoms with Crippen LogP contribution in [0.5, 0.6) is 5.75 Å². The summed E-state index contributed by atoms with van der Waals surface area (Å²) in [6, 6.07) is 3.50. The number of methoxy groups -OCH3 is 1. The lowest BCUT2D eigenvalue weighted by Gasteiger charge is -2.12. The molecule has 0 atom stereocenters. The van der Waals surface area contributed by atoms with E-state index in [-0.39, 0.29) is 5.92 Å².